The minimum atomic E-state index is 0.00182. The van der Waals surface area contributed by atoms with E-state index in [1.54, 1.807) is 0 Å². The molecular weight excluding hydrogens is 360 g/mol. The third kappa shape index (κ3) is 2.59. The molecule has 150 valence electrons. The summed E-state index contributed by atoms with van der Waals surface area (Å²) < 4.78 is 0. The number of allylic oxidation sites excluding steroid dienone is 2. The number of fused-ring (bicyclic) bond motifs is 4. The Bertz CT molecular complexity index is 1080. The van der Waals surface area contributed by atoms with E-state index >= 15 is 0 Å². The highest BCUT2D eigenvalue weighted by Crippen LogP contribution is 2.62. The fourth-order valence-corrected chi connectivity index (χ4v) is 6.19. The normalized spacial score (nSPS) is 19.4. The van der Waals surface area contributed by atoms with Crippen molar-refractivity contribution < 1.29 is 0 Å². The van der Waals surface area contributed by atoms with E-state index < -0.39 is 0 Å². The molecule has 2 aliphatic rings. The van der Waals surface area contributed by atoms with Crippen LogP contribution in [0.2, 0.25) is 0 Å². The third-order valence-corrected chi connectivity index (χ3v) is 7.67. The molecule has 0 amide bonds. The summed E-state index contributed by atoms with van der Waals surface area (Å²) >= 11 is 0. The quantitative estimate of drug-likeness (QED) is 0.294. The monoisotopic (exact) mass is 390 g/mol. The highest BCUT2D eigenvalue weighted by atomic mass is 14.6. The number of hydrogen-bond donors (Lipinski definition) is 0. The van der Waals surface area contributed by atoms with Crippen LogP contribution in [0.15, 0.2) is 91.5 Å². The van der Waals surface area contributed by atoms with Gasteiger partial charge in [0.2, 0.25) is 0 Å². The molecule has 0 saturated carbocycles. The van der Waals surface area contributed by atoms with E-state index in [2.05, 4.69) is 111 Å². The molecule has 0 aliphatic heterocycles. The maximum absolute atomic E-state index is 3.97. The van der Waals surface area contributed by atoms with Crippen LogP contribution in [0.5, 0.6) is 0 Å². The minimum absolute atomic E-state index is 0.00182. The van der Waals surface area contributed by atoms with Gasteiger partial charge in [0, 0.05) is 11.3 Å². The Balaban J connectivity index is 1.71. The largest absolute Gasteiger partial charge is 0.103 e. The Morgan fingerprint density at radius 3 is 2.13 bits per heavy atom. The van der Waals surface area contributed by atoms with E-state index in [1.165, 1.54) is 33.4 Å². The molecular formula is C30H30. The molecule has 2 aliphatic carbocycles. The van der Waals surface area contributed by atoms with E-state index in [9.17, 15) is 0 Å². The van der Waals surface area contributed by atoms with Crippen molar-refractivity contribution in [3.63, 3.8) is 0 Å². The fraction of sp³-hybridized carbons (Fsp3) is 0.267. The van der Waals surface area contributed by atoms with Gasteiger partial charge in [-0.15, -0.1) is 6.58 Å². The minimum Gasteiger partial charge on any atom is -0.103 e. The molecule has 0 heteroatoms. The van der Waals surface area contributed by atoms with Crippen LogP contribution >= 0.6 is 0 Å². The van der Waals surface area contributed by atoms with Gasteiger partial charge in [0.15, 0.2) is 0 Å². The summed E-state index contributed by atoms with van der Waals surface area (Å²) in [5.74, 6) is 0.365. The van der Waals surface area contributed by atoms with Gasteiger partial charge in [-0.25, -0.2) is 0 Å². The summed E-state index contributed by atoms with van der Waals surface area (Å²) in [6, 6.07) is 27.1. The Hall–Kier alpha value is -2.86. The summed E-state index contributed by atoms with van der Waals surface area (Å²) in [7, 11) is 0. The van der Waals surface area contributed by atoms with E-state index in [0.29, 0.717) is 5.92 Å². The average Bonchev–Trinajstić information content (AvgIpc) is 3.32. The SMILES string of the molecule is C=CCCCC1(C(C)(C)C2c3ccccc3-c3ccccc32)C=Cc2ccccc21. The predicted molar refractivity (Wildman–Crippen MR) is 129 cm³/mol. The lowest BCUT2D eigenvalue weighted by Crippen LogP contribution is -2.43. The summed E-state index contributed by atoms with van der Waals surface area (Å²) in [6.07, 6.45) is 10.3. The van der Waals surface area contributed by atoms with E-state index in [4.69, 9.17) is 0 Å². The molecule has 3 aromatic carbocycles. The van der Waals surface area contributed by atoms with Crippen LogP contribution < -0.4 is 0 Å². The lowest BCUT2D eigenvalue weighted by molar-refractivity contribution is 0.170. The molecule has 5 rings (SSSR count). The summed E-state index contributed by atoms with van der Waals surface area (Å²) in [4.78, 5) is 0. The first-order valence-corrected chi connectivity index (χ1v) is 11.2. The first kappa shape index (κ1) is 19.1. The number of rotatable bonds is 6. The third-order valence-electron chi connectivity index (χ3n) is 7.67. The van der Waals surface area contributed by atoms with Crippen molar-refractivity contribution in [1.82, 2.24) is 0 Å². The highest BCUT2D eigenvalue weighted by Gasteiger charge is 2.53. The van der Waals surface area contributed by atoms with Crippen molar-refractivity contribution >= 4 is 6.08 Å². The molecule has 30 heavy (non-hydrogen) atoms. The summed E-state index contributed by atoms with van der Waals surface area (Å²) in [6.45, 7) is 8.97. The van der Waals surface area contributed by atoms with Crippen LogP contribution in [0.3, 0.4) is 0 Å². The topological polar surface area (TPSA) is 0 Å². The van der Waals surface area contributed by atoms with Crippen molar-refractivity contribution in [3.8, 4) is 11.1 Å². The van der Waals surface area contributed by atoms with Crippen molar-refractivity contribution in [2.24, 2.45) is 5.41 Å². The van der Waals surface area contributed by atoms with Gasteiger partial charge in [0.05, 0.1) is 0 Å². The molecule has 0 heterocycles. The molecule has 3 aromatic rings. The zero-order valence-electron chi connectivity index (χ0n) is 18.1. The van der Waals surface area contributed by atoms with Crippen LogP contribution in [-0.4, -0.2) is 0 Å². The van der Waals surface area contributed by atoms with Crippen LogP contribution in [0.4, 0.5) is 0 Å². The van der Waals surface area contributed by atoms with Gasteiger partial charge in [0.25, 0.3) is 0 Å². The van der Waals surface area contributed by atoms with E-state index in [1.807, 2.05) is 0 Å². The molecule has 0 saturated heterocycles. The van der Waals surface area contributed by atoms with Gasteiger partial charge in [-0.3, -0.25) is 0 Å². The van der Waals surface area contributed by atoms with E-state index in [-0.39, 0.29) is 10.8 Å². The molecule has 0 N–H and O–H groups in total. The fourth-order valence-electron chi connectivity index (χ4n) is 6.19. The van der Waals surface area contributed by atoms with Crippen LogP contribution in [0.25, 0.3) is 17.2 Å². The second kappa shape index (κ2) is 7.13. The summed E-state index contributed by atoms with van der Waals surface area (Å²) in [5, 5.41) is 0. The molecule has 0 spiro atoms. The molecule has 0 aromatic heterocycles. The molecule has 0 nitrogen and oxygen atoms in total. The van der Waals surface area contributed by atoms with Crippen molar-refractivity contribution in [1.29, 1.82) is 0 Å². The molecule has 0 fully saturated rings. The Kier molecular flexibility index (Phi) is 4.54. The molecule has 0 radical (unpaired) electrons. The summed E-state index contributed by atoms with van der Waals surface area (Å²) in [5.41, 5.74) is 8.64. The number of unbranched alkanes of at least 4 members (excludes halogenated alkanes) is 1. The van der Waals surface area contributed by atoms with Gasteiger partial charge < -0.3 is 0 Å². The standard InChI is InChI=1S/C30H30/c1-4-5-12-20-30(21-19-22-13-6-11-18-27(22)30)29(2,3)28-25-16-9-7-14-23(25)24-15-8-10-17-26(24)28/h4,6-11,13-19,21,28H,1,5,12,20H2,2-3H3. The first-order chi connectivity index (χ1) is 14.6. The zero-order chi connectivity index (χ0) is 20.8. The number of hydrogen-bond acceptors (Lipinski definition) is 0. The Morgan fingerprint density at radius 1 is 0.867 bits per heavy atom. The Morgan fingerprint density at radius 2 is 1.47 bits per heavy atom. The maximum Gasteiger partial charge on any atom is 0.0201 e. The average molecular weight is 391 g/mol. The lowest BCUT2D eigenvalue weighted by atomic mass is 9.54. The van der Waals surface area contributed by atoms with Gasteiger partial charge in [-0.2, -0.15) is 0 Å². The van der Waals surface area contributed by atoms with Crippen LogP contribution in [0.1, 0.15) is 61.3 Å². The Labute approximate surface area is 181 Å². The first-order valence-electron chi connectivity index (χ1n) is 11.2. The second-order valence-electron chi connectivity index (χ2n) is 9.40. The smallest absolute Gasteiger partial charge is 0.0201 e. The zero-order valence-corrected chi connectivity index (χ0v) is 18.1. The molecule has 1 unspecified atom stereocenters. The molecule has 1 atom stereocenters. The van der Waals surface area contributed by atoms with Gasteiger partial charge in [-0.1, -0.05) is 105 Å². The predicted octanol–water partition coefficient (Wildman–Crippen LogP) is 8.15. The lowest BCUT2D eigenvalue weighted by Gasteiger charge is -2.49. The van der Waals surface area contributed by atoms with Crippen LogP contribution in [-0.2, 0) is 5.41 Å². The van der Waals surface area contributed by atoms with Gasteiger partial charge in [0.1, 0.15) is 0 Å². The second-order valence-corrected chi connectivity index (χ2v) is 9.40. The van der Waals surface area contributed by atoms with Crippen LogP contribution in [0, 0.1) is 5.41 Å². The van der Waals surface area contributed by atoms with Crippen molar-refractivity contribution in [2.75, 3.05) is 0 Å². The molecule has 0 bridgehead atoms. The highest BCUT2D eigenvalue weighted by molar-refractivity contribution is 5.80. The maximum atomic E-state index is 3.97. The van der Waals surface area contributed by atoms with Gasteiger partial charge >= 0.3 is 0 Å². The van der Waals surface area contributed by atoms with E-state index in [0.717, 1.165) is 19.3 Å². The van der Waals surface area contributed by atoms with Gasteiger partial charge in [-0.05, 0) is 58.1 Å². The number of benzene rings is 3. The van der Waals surface area contributed by atoms with Crippen molar-refractivity contribution in [3.05, 3.63) is 114 Å². The van der Waals surface area contributed by atoms with Crippen molar-refractivity contribution in [2.45, 2.75) is 44.4 Å².